The zero-order valence-electron chi connectivity index (χ0n) is 13.4. The molecular weight excluding hydrogens is 322 g/mol. The van der Waals surface area contributed by atoms with Crippen molar-refractivity contribution in [3.63, 3.8) is 0 Å². The normalized spacial score (nSPS) is 23.9. The number of carbonyl (C=O) groups excluding carboxylic acids is 2. The number of anilines is 1. The fourth-order valence-electron chi connectivity index (χ4n) is 3.81. The molecule has 2 aromatic heterocycles. The van der Waals surface area contributed by atoms with Gasteiger partial charge in [0.2, 0.25) is 5.91 Å². The second-order valence-corrected chi connectivity index (χ2v) is 7.29. The van der Waals surface area contributed by atoms with Gasteiger partial charge in [0.1, 0.15) is 5.69 Å². The number of hydrogen-bond donors (Lipinski definition) is 0. The number of pyridine rings is 1. The van der Waals surface area contributed by atoms with E-state index in [2.05, 4.69) is 4.98 Å². The van der Waals surface area contributed by atoms with Crippen molar-refractivity contribution in [1.82, 2.24) is 9.88 Å². The molecule has 2 aliphatic heterocycles. The maximum Gasteiger partial charge on any atom is 0.272 e. The molecule has 5 nitrogen and oxygen atoms in total. The quantitative estimate of drug-likeness (QED) is 0.844. The highest BCUT2D eigenvalue weighted by molar-refractivity contribution is 7.08. The van der Waals surface area contributed by atoms with Crippen molar-refractivity contribution in [1.29, 1.82) is 0 Å². The number of carbonyl (C=O) groups is 2. The second kappa shape index (κ2) is 6.02. The van der Waals surface area contributed by atoms with Crippen LogP contribution in [0.2, 0.25) is 0 Å². The first-order chi connectivity index (χ1) is 11.7. The van der Waals surface area contributed by atoms with Gasteiger partial charge in [0.25, 0.3) is 5.91 Å². The van der Waals surface area contributed by atoms with Crippen molar-refractivity contribution < 1.29 is 9.59 Å². The molecule has 124 valence electrons. The molecule has 0 N–H and O–H groups in total. The summed E-state index contributed by atoms with van der Waals surface area (Å²) < 4.78 is 0. The lowest BCUT2D eigenvalue weighted by molar-refractivity contribution is -0.127. The molecule has 4 rings (SSSR count). The number of thiophene rings is 1. The van der Waals surface area contributed by atoms with Gasteiger partial charge in [0.05, 0.1) is 11.1 Å². The highest BCUT2D eigenvalue weighted by Crippen LogP contribution is 2.42. The maximum absolute atomic E-state index is 13.1. The van der Waals surface area contributed by atoms with Crippen molar-refractivity contribution in [2.24, 2.45) is 5.41 Å². The largest absolute Gasteiger partial charge is 0.336 e. The van der Waals surface area contributed by atoms with Crippen molar-refractivity contribution in [3.05, 3.63) is 46.9 Å². The van der Waals surface area contributed by atoms with Crippen LogP contribution < -0.4 is 4.90 Å². The number of hydrogen-bond acceptors (Lipinski definition) is 4. The number of amides is 2. The van der Waals surface area contributed by atoms with Crippen LogP contribution >= 0.6 is 11.3 Å². The highest BCUT2D eigenvalue weighted by Gasteiger charge is 2.50. The molecule has 0 radical (unpaired) electrons. The molecule has 2 fully saturated rings. The van der Waals surface area contributed by atoms with E-state index in [0.29, 0.717) is 18.8 Å². The number of nitrogens with zero attached hydrogens (tertiary/aromatic N) is 3. The third-order valence-electron chi connectivity index (χ3n) is 5.08. The number of rotatable bonds is 2. The fraction of sp³-hybridized carbons (Fsp3) is 0.389. The van der Waals surface area contributed by atoms with E-state index in [1.165, 1.54) is 0 Å². The van der Waals surface area contributed by atoms with E-state index in [9.17, 15) is 9.59 Å². The average Bonchev–Trinajstić information content (AvgIpc) is 3.25. The van der Waals surface area contributed by atoms with Gasteiger partial charge in [-0.3, -0.25) is 14.6 Å². The topological polar surface area (TPSA) is 53.5 Å². The fourth-order valence-corrected chi connectivity index (χ4v) is 4.45. The summed E-state index contributed by atoms with van der Waals surface area (Å²) in [4.78, 5) is 33.6. The molecule has 0 unspecified atom stereocenters. The summed E-state index contributed by atoms with van der Waals surface area (Å²) in [7, 11) is 0. The van der Waals surface area contributed by atoms with E-state index in [1.54, 1.807) is 34.6 Å². The van der Waals surface area contributed by atoms with Crippen molar-refractivity contribution in [2.45, 2.75) is 19.3 Å². The van der Waals surface area contributed by atoms with Crippen LogP contribution in [0.15, 0.2) is 41.2 Å². The Balaban J connectivity index is 1.55. The molecule has 0 aromatic carbocycles. The summed E-state index contributed by atoms with van der Waals surface area (Å²) in [6, 6.07) is 7.34. The summed E-state index contributed by atoms with van der Waals surface area (Å²) in [5, 5.41) is 4.00. The molecule has 0 saturated carbocycles. The van der Waals surface area contributed by atoms with Crippen LogP contribution in [0.1, 0.15) is 29.8 Å². The van der Waals surface area contributed by atoms with Gasteiger partial charge < -0.3 is 9.80 Å². The van der Waals surface area contributed by atoms with Crippen LogP contribution in [0.5, 0.6) is 0 Å². The first-order valence-corrected chi connectivity index (χ1v) is 9.18. The summed E-state index contributed by atoms with van der Waals surface area (Å²) in [6.45, 7) is 1.94. The molecule has 1 atom stereocenters. The van der Waals surface area contributed by atoms with E-state index < -0.39 is 5.41 Å². The third-order valence-corrected chi connectivity index (χ3v) is 5.75. The summed E-state index contributed by atoms with van der Waals surface area (Å²) in [5.41, 5.74) is 1.01. The van der Waals surface area contributed by atoms with Gasteiger partial charge in [-0.15, -0.1) is 0 Å². The minimum absolute atomic E-state index is 0.0727. The molecule has 2 amide bonds. The summed E-state index contributed by atoms with van der Waals surface area (Å²) >= 11 is 1.60. The average molecular weight is 341 g/mol. The van der Waals surface area contributed by atoms with Gasteiger partial charge >= 0.3 is 0 Å². The summed E-state index contributed by atoms with van der Waals surface area (Å²) in [5.74, 6) is 0.0934. The molecule has 24 heavy (non-hydrogen) atoms. The van der Waals surface area contributed by atoms with Gasteiger partial charge in [-0.1, -0.05) is 6.07 Å². The molecule has 4 heterocycles. The molecule has 0 aliphatic carbocycles. The Morgan fingerprint density at radius 2 is 2.12 bits per heavy atom. The molecular formula is C18H19N3O2S. The van der Waals surface area contributed by atoms with Crippen LogP contribution in [-0.4, -0.2) is 41.3 Å². The van der Waals surface area contributed by atoms with Crippen molar-refractivity contribution in [3.8, 4) is 0 Å². The van der Waals surface area contributed by atoms with Crippen LogP contribution in [0.4, 0.5) is 5.69 Å². The molecule has 1 spiro atoms. The van der Waals surface area contributed by atoms with Gasteiger partial charge in [-0.2, -0.15) is 11.3 Å². The van der Waals surface area contributed by atoms with Crippen LogP contribution in [-0.2, 0) is 4.79 Å². The summed E-state index contributed by atoms with van der Waals surface area (Å²) in [6.07, 6.45) is 4.17. The Kier molecular flexibility index (Phi) is 3.84. The van der Waals surface area contributed by atoms with Crippen LogP contribution in [0.25, 0.3) is 0 Å². The molecule has 6 heteroatoms. The van der Waals surface area contributed by atoms with Gasteiger partial charge in [-0.05, 0) is 42.8 Å². The monoisotopic (exact) mass is 341 g/mol. The maximum atomic E-state index is 13.1. The SMILES string of the molecule is O=C(c1ccccn1)N1CCC[C@@]2(CCN(c3ccsc3)C2=O)C1. The van der Waals surface area contributed by atoms with Gasteiger partial charge in [0, 0.05) is 31.2 Å². The Morgan fingerprint density at radius 1 is 1.21 bits per heavy atom. The first kappa shape index (κ1) is 15.3. The third kappa shape index (κ3) is 2.51. The van der Waals surface area contributed by atoms with E-state index in [1.807, 2.05) is 27.8 Å². The van der Waals surface area contributed by atoms with Gasteiger partial charge in [-0.25, -0.2) is 0 Å². The lowest BCUT2D eigenvalue weighted by Crippen LogP contribution is -2.50. The molecule has 2 aromatic rings. The van der Waals surface area contributed by atoms with E-state index in [-0.39, 0.29) is 11.8 Å². The zero-order chi connectivity index (χ0) is 16.6. The molecule has 2 aliphatic rings. The number of likely N-dealkylation sites (tertiary alicyclic amines) is 1. The highest BCUT2D eigenvalue weighted by atomic mass is 32.1. The van der Waals surface area contributed by atoms with E-state index in [0.717, 1.165) is 31.5 Å². The van der Waals surface area contributed by atoms with E-state index in [4.69, 9.17) is 0 Å². The predicted octanol–water partition coefficient (Wildman–Crippen LogP) is 2.80. The first-order valence-electron chi connectivity index (χ1n) is 8.24. The van der Waals surface area contributed by atoms with Crippen molar-refractivity contribution in [2.75, 3.05) is 24.5 Å². The smallest absolute Gasteiger partial charge is 0.272 e. The van der Waals surface area contributed by atoms with E-state index >= 15 is 0 Å². The van der Waals surface area contributed by atoms with Crippen molar-refractivity contribution >= 4 is 28.8 Å². The number of aromatic nitrogens is 1. The zero-order valence-corrected chi connectivity index (χ0v) is 14.2. The predicted molar refractivity (Wildman–Crippen MR) is 93.1 cm³/mol. The standard InChI is InChI=1S/C18H19N3O2S/c22-16(15-4-1-2-8-19-15)20-9-3-6-18(13-20)7-10-21(17(18)23)14-5-11-24-12-14/h1-2,4-5,8,11-12H,3,6-7,9-10,13H2/t18-/m1/s1. The number of piperidine rings is 1. The van der Waals surface area contributed by atoms with Gasteiger partial charge in [0.15, 0.2) is 0 Å². The molecule has 2 saturated heterocycles. The Morgan fingerprint density at radius 3 is 2.88 bits per heavy atom. The Labute approximate surface area is 144 Å². The van der Waals surface area contributed by atoms with Crippen LogP contribution in [0.3, 0.4) is 0 Å². The Bertz CT molecular complexity index is 747. The molecule has 0 bridgehead atoms. The second-order valence-electron chi connectivity index (χ2n) is 6.51. The lowest BCUT2D eigenvalue weighted by Gasteiger charge is -2.38. The minimum Gasteiger partial charge on any atom is -0.336 e. The lowest BCUT2D eigenvalue weighted by atomic mass is 9.78. The Hall–Kier alpha value is -2.21. The minimum atomic E-state index is -0.426. The van der Waals surface area contributed by atoms with Crippen LogP contribution in [0, 0.1) is 5.41 Å².